The predicted molar refractivity (Wildman–Crippen MR) is 79.1 cm³/mol. The first-order valence-electron chi connectivity index (χ1n) is 7.24. The van der Waals surface area contributed by atoms with Gasteiger partial charge in [-0.3, -0.25) is 0 Å². The molecule has 1 fully saturated rings. The Morgan fingerprint density at radius 3 is 2.74 bits per heavy atom. The van der Waals surface area contributed by atoms with Crippen LogP contribution in [0.2, 0.25) is 25.7 Å². The first kappa shape index (κ1) is 16.5. The molecule has 1 unspecified atom stereocenters. The van der Waals surface area contributed by atoms with Gasteiger partial charge in [-0.1, -0.05) is 19.6 Å². The number of rotatable bonds is 8. The highest BCUT2D eigenvalue weighted by molar-refractivity contribution is 6.76. The fourth-order valence-corrected chi connectivity index (χ4v) is 3.02. The molecule has 0 aromatic carbocycles. The van der Waals surface area contributed by atoms with Gasteiger partial charge in [0.25, 0.3) is 0 Å². The Morgan fingerprint density at radius 1 is 1.47 bits per heavy atom. The number of hydrazine groups is 1. The molecule has 5 nitrogen and oxygen atoms in total. The number of ether oxygens (including phenoxy) is 1. The Bertz CT molecular complexity index is 276. The van der Waals surface area contributed by atoms with E-state index in [0.29, 0.717) is 12.6 Å². The summed E-state index contributed by atoms with van der Waals surface area (Å²) < 4.78 is 5.54. The lowest BCUT2D eigenvalue weighted by Gasteiger charge is -2.23. The number of nitrogens with one attached hydrogen (secondary N) is 1. The Kier molecular flexibility index (Phi) is 6.81. The molecule has 6 heteroatoms. The van der Waals surface area contributed by atoms with Crippen molar-refractivity contribution in [3.05, 3.63) is 0 Å². The first-order chi connectivity index (χ1) is 8.88. The van der Waals surface area contributed by atoms with E-state index in [4.69, 9.17) is 9.84 Å². The minimum atomic E-state index is -1.11. The van der Waals surface area contributed by atoms with Gasteiger partial charge in [-0.25, -0.2) is 15.2 Å². The summed E-state index contributed by atoms with van der Waals surface area (Å²) in [5, 5.41) is 10.5. The van der Waals surface area contributed by atoms with Gasteiger partial charge >= 0.3 is 6.09 Å². The number of carboxylic acid groups (broad SMARTS) is 1. The highest BCUT2D eigenvalue weighted by Gasteiger charge is 2.18. The van der Waals surface area contributed by atoms with E-state index < -0.39 is 14.2 Å². The summed E-state index contributed by atoms with van der Waals surface area (Å²) in [4.78, 5) is 11.1. The Hall–Kier alpha value is -0.593. The van der Waals surface area contributed by atoms with Crippen LogP contribution in [-0.4, -0.2) is 50.1 Å². The molecule has 0 spiro atoms. The molecule has 0 radical (unpaired) electrons. The smallest absolute Gasteiger partial charge is 0.421 e. The molecule has 2 N–H and O–H groups in total. The van der Waals surface area contributed by atoms with E-state index in [1.54, 1.807) is 0 Å². The van der Waals surface area contributed by atoms with E-state index >= 15 is 0 Å². The van der Waals surface area contributed by atoms with Crippen LogP contribution in [0.5, 0.6) is 0 Å². The van der Waals surface area contributed by atoms with Crippen molar-refractivity contribution in [1.82, 2.24) is 10.4 Å². The molecule has 0 aliphatic carbocycles. The van der Waals surface area contributed by atoms with Crippen LogP contribution in [0.15, 0.2) is 0 Å². The lowest BCUT2D eigenvalue weighted by molar-refractivity contribution is 0.0909. The van der Waals surface area contributed by atoms with Crippen molar-refractivity contribution < 1.29 is 14.6 Å². The summed E-state index contributed by atoms with van der Waals surface area (Å²) in [5.74, 6) is 0. The Morgan fingerprint density at radius 2 is 2.21 bits per heavy atom. The number of carbonyl (C=O) groups is 1. The molecule has 0 aromatic heterocycles. The molecule has 1 rings (SSSR count). The number of hydrogen-bond donors (Lipinski definition) is 2. The van der Waals surface area contributed by atoms with Crippen LogP contribution >= 0.6 is 0 Å². The lowest BCUT2D eigenvalue weighted by atomic mass is 10.1. The van der Waals surface area contributed by atoms with E-state index in [9.17, 15) is 4.79 Å². The first-order valence-corrected chi connectivity index (χ1v) is 10.9. The van der Waals surface area contributed by atoms with Crippen molar-refractivity contribution in [1.29, 1.82) is 0 Å². The third kappa shape index (κ3) is 7.54. The Balaban J connectivity index is 2.18. The van der Waals surface area contributed by atoms with E-state index in [0.717, 1.165) is 44.9 Å². The lowest BCUT2D eigenvalue weighted by Crippen LogP contribution is -2.44. The monoisotopic (exact) mass is 288 g/mol. The zero-order chi connectivity index (χ0) is 14.3. The van der Waals surface area contributed by atoms with Crippen LogP contribution in [0.1, 0.15) is 25.7 Å². The molecule has 1 amide bonds. The fraction of sp³-hybridized carbons (Fsp3) is 0.923. The minimum absolute atomic E-state index is 0.345. The summed E-state index contributed by atoms with van der Waals surface area (Å²) >= 11 is 0. The van der Waals surface area contributed by atoms with Gasteiger partial charge in [-0.15, -0.1) is 0 Å². The molecule has 1 atom stereocenters. The van der Waals surface area contributed by atoms with Crippen molar-refractivity contribution in [2.24, 2.45) is 0 Å². The summed E-state index contributed by atoms with van der Waals surface area (Å²) in [6.07, 6.45) is 3.54. The molecule has 1 aliphatic rings. The van der Waals surface area contributed by atoms with Gasteiger partial charge in [-0.05, 0) is 31.7 Å². The number of amides is 1. The van der Waals surface area contributed by atoms with Gasteiger partial charge in [-0.2, -0.15) is 0 Å². The highest BCUT2D eigenvalue weighted by Crippen LogP contribution is 2.16. The van der Waals surface area contributed by atoms with Crippen LogP contribution in [0.3, 0.4) is 0 Å². The molecule has 0 saturated carbocycles. The van der Waals surface area contributed by atoms with Crippen molar-refractivity contribution in [2.75, 3.05) is 19.7 Å². The van der Waals surface area contributed by atoms with Gasteiger partial charge in [0.15, 0.2) is 0 Å². The average Bonchev–Trinajstić information content (AvgIpc) is 2.78. The number of hydrogen-bond acceptors (Lipinski definition) is 3. The highest BCUT2D eigenvalue weighted by atomic mass is 28.3. The molecule has 1 saturated heterocycles. The maximum absolute atomic E-state index is 11.1. The largest absolute Gasteiger partial charge is 0.464 e. The van der Waals surface area contributed by atoms with Gasteiger partial charge < -0.3 is 9.84 Å². The summed E-state index contributed by atoms with van der Waals surface area (Å²) in [5.41, 5.74) is 3.03. The predicted octanol–water partition coefficient (Wildman–Crippen LogP) is 2.77. The third-order valence-corrected chi connectivity index (χ3v) is 5.09. The topological polar surface area (TPSA) is 61.8 Å². The quantitative estimate of drug-likeness (QED) is 0.532. The normalized spacial score (nSPS) is 19.6. The van der Waals surface area contributed by atoms with E-state index in [2.05, 4.69) is 25.1 Å². The van der Waals surface area contributed by atoms with Gasteiger partial charge in [0.1, 0.15) is 0 Å². The van der Waals surface area contributed by atoms with Gasteiger partial charge in [0, 0.05) is 27.8 Å². The van der Waals surface area contributed by atoms with Crippen LogP contribution in [0.25, 0.3) is 0 Å². The van der Waals surface area contributed by atoms with E-state index in [1.807, 2.05) is 0 Å². The third-order valence-electron chi connectivity index (χ3n) is 3.34. The van der Waals surface area contributed by atoms with Gasteiger partial charge in [0.2, 0.25) is 0 Å². The average molecular weight is 288 g/mol. The van der Waals surface area contributed by atoms with Crippen LogP contribution in [0, 0.1) is 0 Å². The summed E-state index contributed by atoms with van der Waals surface area (Å²) in [6, 6.07) is 1.09. The fourth-order valence-electron chi connectivity index (χ4n) is 2.16. The molecule has 1 heterocycles. The van der Waals surface area contributed by atoms with Crippen molar-refractivity contribution in [2.45, 2.75) is 57.5 Å². The molecule has 1 aliphatic heterocycles. The van der Waals surface area contributed by atoms with Crippen molar-refractivity contribution in [3.63, 3.8) is 0 Å². The standard InChI is InChI=1S/C13H28N2O3Si/c1-19(2,3)11-8-14-15(13(16)17)9-4-6-12-7-5-10-18-12/h12,14H,4-11H2,1-3H3,(H,16,17). The molecule has 0 aromatic rings. The second-order valence-corrected chi connectivity index (χ2v) is 12.1. The zero-order valence-corrected chi connectivity index (χ0v) is 13.4. The molecule has 19 heavy (non-hydrogen) atoms. The SMILES string of the molecule is C[Si](C)(C)CCNN(CCCC1CCCO1)C(=O)O. The molecular formula is C13H28N2O3Si. The minimum Gasteiger partial charge on any atom is -0.464 e. The maximum Gasteiger partial charge on any atom is 0.421 e. The summed E-state index contributed by atoms with van der Waals surface area (Å²) in [7, 11) is -1.11. The van der Waals surface area contributed by atoms with Crippen LogP contribution < -0.4 is 5.43 Å². The van der Waals surface area contributed by atoms with Crippen LogP contribution in [0.4, 0.5) is 4.79 Å². The number of nitrogens with zero attached hydrogens (tertiary/aromatic N) is 1. The van der Waals surface area contributed by atoms with E-state index in [-0.39, 0.29) is 0 Å². The van der Waals surface area contributed by atoms with Crippen molar-refractivity contribution >= 4 is 14.2 Å². The summed E-state index contributed by atoms with van der Waals surface area (Å²) in [6.45, 7) is 9.02. The van der Waals surface area contributed by atoms with Crippen LogP contribution in [-0.2, 0) is 4.74 Å². The van der Waals surface area contributed by atoms with Crippen molar-refractivity contribution in [3.8, 4) is 0 Å². The second kappa shape index (κ2) is 7.87. The Labute approximate surface area is 117 Å². The van der Waals surface area contributed by atoms with E-state index in [1.165, 1.54) is 5.01 Å². The molecule has 112 valence electrons. The zero-order valence-electron chi connectivity index (χ0n) is 12.4. The second-order valence-electron chi connectivity index (χ2n) is 6.43. The van der Waals surface area contributed by atoms with Gasteiger partial charge in [0.05, 0.1) is 6.10 Å². The maximum atomic E-state index is 11.1. The molecular weight excluding hydrogens is 260 g/mol. The molecule has 0 bridgehead atoms.